The molecule has 29 heavy (non-hydrogen) atoms. The van der Waals surface area contributed by atoms with Crippen molar-refractivity contribution in [3.63, 3.8) is 0 Å². The highest BCUT2D eigenvalue weighted by Crippen LogP contribution is 2.25. The predicted molar refractivity (Wildman–Crippen MR) is 112 cm³/mol. The molecule has 0 aromatic heterocycles. The summed E-state index contributed by atoms with van der Waals surface area (Å²) in [6.07, 6.45) is 0.581. The van der Waals surface area contributed by atoms with E-state index >= 15 is 0 Å². The lowest BCUT2D eigenvalue weighted by atomic mass is 10.1. The molecule has 0 spiro atoms. The lowest BCUT2D eigenvalue weighted by Gasteiger charge is -2.14. The minimum atomic E-state index is -3.55. The Balaban J connectivity index is 2.01. The number of rotatable bonds is 10. The number of hydrogen-bond acceptors (Lipinski definition) is 5. The van der Waals surface area contributed by atoms with Crippen LogP contribution in [-0.4, -0.2) is 46.4 Å². The van der Waals surface area contributed by atoms with Crippen LogP contribution in [0.5, 0.6) is 11.5 Å². The molecule has 0 heterocycles. The maximum atomic E-state index is 12.4. The summed E-state index contributed by atoms with van der Waals surface area (Å²) in [6, 6.07) is 12.2. The molecule has 2 rings (SSSR count). The van der Waals surface area contributed by atoms with Gasteiger partial charge in [0.05, 0.1) is 18.6 Å². The number of sulfonamides is 1. The van der Waals surface area contributed by atoms with E-state index in [1.54, 1.807) is 12.1 Å². The lowest BCUT2D eigenvalue weighted by Crippen LogP contribution is -2.23. The number of nitrogens with one attached hydrogen (secondary N) is 1. The van der Waals surface area contributed by atoms with Crippen LogP contribution in [0.1, 0.15) is 24.5 Å². The van der Waals surface area contributed by atoms with E-state index in [-0.39, 0.29) is 17.2 Å². The fraction of sp³-hybridized carbons (Fsp3) is 0.381. The van der Waals surface area contributed by atoms with Gasteiger partial charge in [-0.25, -0.2) is 12.7 Å². The van der Waals surface area contributed by atoms with Gasteiger partial charge in [0.15, 0.2) is 0 Å². The van der Waals surface area contributed by atoms with E-state index in [0.29, 0.717) is 30.9 Å². The zero-order valence-corrected chi connectivity index (χ0v) is 18.1. The van der Waals surface area contributed by atoms with Crippen molar-refractivity contribution in [2.75, 3.05) is 27.8 Å². The predicted octanol–water partition coefficient (Wildman–Crippen LogP) is 2.59. The Labute approximate surface area is 172 Å². The van der Waals surface area contributed by atoms with Crippen molar-refractivity contribution < 1.29 is 22.7 Å². The molecule has 0 unspecified atom stereocenters. The second-order valence-corrected chi connectivity index (χ2v) is 8.77. The number of aryl methyl sites for hydroxylation is 1. The molecule has 0 bridgehead atoms. The Morgan fingerprint density at radius 2 is 1.90 bits per heavy atom. The zero-order chi connectivity index (χ0) is 21.4. The Hall–Kier alpha value is -2.58. The van der Waals surface area contributed by atoms with E-state index in [0.717, 1.165) is 15.6 Å². The number of hydrogen-bond donors (Lipinski definition) is 1. The molecule has 7 nitrogen and oxygen atoms in total. The van der Waals surface area contributed by atoms with Gasteiger partial charge in [0.2, 0.25) is 15.9 Å². The third-order valence-electron chi connectivity index (χ3n) is 4.35. The molecule has 0 saturated heterocycles. The second kappa shape index (κ2) is 10.3. The summed E-state index contributed by atoms with van der Waals surface area (Å²) in [7, 11) is 0.924. The number of carbonyl (C=O) groups is 1. The summed E-state index contributed by atoms with van der Waals surface area (Å²) in [4.78, 5) is 12.5. The summed E-state index contributed by atoms with van der Waals surface area (Å²) in [5, 5.41) is 2.88. The maximum absolute atomic E-state index is 12.4. The highest BCUT2D eigenvalue weighted by atomic mass is 32.2. The molecular formula is C21H28N2O5S. The molecular weight excluding hydrogens is 392 g/mol. The van der Waals surface area contributed by atoms with Crippen molar-refractivity contribution in [1.29, 1.82) is 0 Å². The molecule has 0 saturated carbocycles. The lowest BCUT2D eigenvalue weighted by molar-refractivity contribution is -0.121. The van der Waals surface area contributed by atoms with Crippen molar-refractivity contribution in [2.45, 2.75) is 31.2 Å². The molecule has 0 aliphatic heterocycles. The molecule has 0 aliphatic rings. The van der Waals surface area contributed by atoms with Crippen LogP contribution in [0.3, 0.4) is 0 Å². The first-order chi connectivity index (χ1) is 13.8. The Morgan fingerprint density at radius 1 is 1.14 bits per heavy atom. The molecule has 1 amide bonds. The van der Waals surface area contributed by atoms with E-state index in [2.05, 4.69) is 5.32 Å². The molecule has 2 aromatic carbocycles. The van der Waals surface area contributed by atoms with Gasteiger partial charge in [-0.05, 0) is 54.8 Å². The first kappa shape index (κ1) is 22.7. The van der Waals surface area contributed by atoms with Crippen LogP contribution in [0, 0.1) is 0 Å². The first-order valence-electron chi connectivity index (χ1n) is 9.35. The number of carbonyl (C=O) groups excluding carboxylic acids is 1. The molecule has 0 aliphatic carbocycles. The fourth-order valence-corrected chi connectivity index (χ4v) is 3.72. The van der Waals surface area contributed by atoms with E-state index < -0.39 is 10.0 Å². The zero-order valence-electron chi connectivity index (χ0n) is 17.3. The fourth-order valence-electron chi connectivity index (χ4n) is 2.77. The van der Waals surface area contributed by atoms with Crippen LogP contribution in [0.25, 0.3) is 0 Å². The molecule has 8 heteroatoms. The van der Waals surface area contributed by atoms with Crippen LogP contribution < -0.4 is 14.8 Å². The summed E-state index contributed by atoms with van der Waals surface area (Å²) >= 11 is 0. The van der Waals surface area contributed by atoms with Crippen molar-refractivity contribution >= 4 is 15.9 Å². The highest BCUT2D eigenvalue weighted by molar-refractivity contribution is 7.89. The normalized spacial score (nSPS) is 11.3. The summed E-state index contributed by atoms with van der Waals surface area (Å²) in [5.41, 5.74) is 1.62. The van der Waals surface area contributed by atoms with E-state index in [9.17, 15) is 13.2 Å². The van der Waals surface area contributed by atoms with Gasteiger partial charge < -0.3 is 14.8 Å². The van der Waals surface area contributed by atoms with Crippen LogP contribution in [-0.2, 0) is 27.8 Å². The Morgan fingerprint density at radius 3 is 2.55 bits per heavy atom. The van der Waals surface area contributed by atoms with E-state index in [1.165, 1.54) is 27.3 Å². The number of nitrogens with zero attached hydrogens (tertiary/aromatic N) is 1. The van der Waals surface area contributed by atoms with Gasteiger partial charge in [-0.15, -0.1) is 0 Å². The summed E-state index contributed by atoms with van der Waals surface area (Å²) in [5.74, 6) is 1.19. The van der Waals surface area contributed by atoms with Gasteiger partial charge in [0.1, 0.15) is 11.5 Å². The van der Waals surface area contributed by atoms with Crippen molar-refractivity contribution in [2.24, 2.45) is 0 Å². The molecule has 0 radical (unpaired) electrons. The van der Waals surface area contributed by atoms with Gasteiger partial charge in [0.25, 0.3) is 0 Å². The minimum absolute atomic E-state index is 0.130. The van der Waals surface area contributed by atoms with Crippen molar-refractivity contribution in [1.82, 2.24) is 9.62 Å². The summed E-state index contributed by atoms with van der Waals surface area (Å²) < 4.78 is 36.6. The quantitative estimate of drug-likeness (QED) is 0.639. The van der Waals surface area contributed by atoms with E-state index in [1.807, 2.05) is 31.2 Å². The molecule has 0 fully saturated rings. The van der Waals surface area contributed by atoms with Gasteiger partial charge in [-0.2, -0.15) is 0 Å². The van der Waals surface area contributed by atoms with Crippen LogP contribution in [0.2, 0.25) is 0 Å². The monoisotopic (exact) mass is 420 g/mol. The largest absolute Gasteiger partial charge is 0.496 e. The average Bonchev–Trinajstić information content (AvgIpc) is 2.70. The number of ether oxygens (including phenoxy) is 2. The third-order valence-corrected chi connectivity index (χ3v) is 6.16. The maximum Gasteiger partial charge on any atom is 0.242 e. The standard InChI is InChI=1S/C21H28N2O5S/c1-5-28-18-8-6-7-16(13-18)15-22-21(24)12-9-17-14-19(10-11-20(17)27-4)29(25,26)23(2)3/h6-8,10-11,13-14H,5,9,12,15H2,1-4H3,(H,22,24). The highest BCUT2D eigenvalue weighted by Gasteiger charge is 2.19. The molecule has 0 atom stereocenters. The van der Waals surface area contributed by atoms with Crippen LogP contribution in [0.15, 0.2) is 47.4 Å². The molecule has 158 valence electrons. The average molecular weight is 421 g/mol. The molecule has 2 aromatic rings. The van der Waals surface area contributed by atoms with Gasteiger partial charge in [-0.3, -0.25) is 4.79 Å². The van der Waals surface area contributed by atoms with Gasteiger partial charge in [0, 0.05) is 27.1 Å². The topological polar surface area (TPSA) is 84.9 Å². The molecule has 1 N–H and O–H groups in total. The van der Waals surface area contributed by atoms with Gasteiger partial charge >= 0.3 is 0 Å². The number of amides is 1. The number of benzene rings is 2. The Bertz CT molecular complexity index is 942. The smallest absolute Gasteiger partial charge is 0.242 e. The second-order valence-electron chi connectivity index (χ2n) is 6.62. The van der Waals surface area contributed by atoms with Crippen LogP contribution >= 0.6 is 0 Å². The SMILES string of the molecule is CCOc1cccc(CNC(=O)CCc2cc(S(=O)(=O)N(C)C)ccc2OC)c1. The third kappa shape index (κ3) is 6.20. The number of methoxy groups -OCH3 is 1. The summed E-state index contributed by atoms with van der Waals surface area (Å²) in [6.45, 7) is 2.90. The van der Waals surface area contributed by atoms with E-state index in [4.69, 9.17) is 9.47 Å². The van der Waals surface area contributed by atoms with Gasteiger partial charge in [-0.1, -0.05) is 12.1 Å². The van der Waals surface area contributed by atoms with Crippen molar-refractivity contribution in [3.05, 3.63) is 53.6 Å². The Kier molecular flexibility index (Phi) is 8.04. The minimum Gasteiger partial charge on any atom is -0.496 e. The van der Waals surface area contributed by atoms with Crippen LogP contribution in [0.4, 0.5) is 0 Å². The first-order valence-corrected chi connectivity index (χ1v) is 10.8. The van der Waals surface area contributed by atoms with Crippen molar-refractivity contribution in [3.8, 4) is 11.5 Å².